The van der Waals surface area contributed by atoms with Crippen molar-refractivity contribution in [1.29, 1.82) is 0 Å². The lowest BCUT2D eigenvalue weighted by molar-refractivity contribution is -0.0382. The second-order valence-electron chi connectivity index (χ2n) is 7.63. The average Bonchev–Trinajstić information content (AvgIpc) is 2.59. The lowest BCUT2D eigenvalue weighted by Gasteiger charge is -2.36. The van der Waals surface area contributed by atoms with Gasteiger partial charge in [0.25, 0.3) is 0 Å². The number of methoxy groups -OCH3 is 1. The van der Waals surface area contributed by atoms with Gasteiger partial charge in [0.2, 0.25) is 0 Å². The number of hydrogen-bond donors (Lipinski definition) is 0. The summed E-state index contributed by atoms with van der Waals surface area (Å²) in [7, 11) is 1.77. The molecule has 5 nitrogen and oxygen atoms in total. The molecule has 1 aliphatic carbocycles. The Bertz CT molecular complexity index is 506. The van der Waals surface area contributed by atoms with Crippen molar-refractivity contribution >= 4 is 0 Å². The Kier molecular flexibility index (Phi) is 6.68. The highest BCUT2D eigenvalue weighted by atomic mass is 16.5. The molecular weight excluding hydrogens is 314 g/mol. The molecule has 0 spiro atoms. The van der Waals surface area contributed by atoms with E-state index < -0.39 is 0 Å². The van der Waals surface area contributed by atoms with Gasteiger partial charge >= 0.3 is 0 Å². The van der Waals surface area contributed by atoms with Crippen LogP contribution in [0.5, 0.6) is 5.75 Å². The molecule has 0 atom stereocenters. The number of aryl methyl sites for hydroxylation is 1. The van der Waals surface area contributed by atoms with Gasteiger partial charge in [-0.15, -0.1) is 0 Å². The maximum absolute atomic E-state index is 5.91. The molecule has 140 valence electrons. The number of ether oxygens (including phenoxy) is 2. The van der Waals surface area contributed by atoms with Crippen molar-refractivity contribution in [3.63, 3.8) is 0 Å². The molecule has 2 fully saturated rings. The largest absolute Gasteiger partial charge is 0.489 e. The normalized spacial score (nSPS) is 25.1. The minimum Gasteiger partial charge on any atom is -0.489 e. The molecule has 1 saturated heterocycles. The van der Waals surface area contributed by atoms with E-state index in [2.05, 4.69) is 40.8 Å². The van der Waals surface area contributed by atoms with Gasteiger partial charge in [0.1, 0.15) is 11.9 Å². The molecule has 0 amide bonds. The van der Waals surface area contributed by atoms with Crippen LogP contribution in [-0.4, -0.2) is 72.9 Å². The van der Waals surface area contributed by atoms with Crippen molar-refractivity contribution in [2.75, 3.05) is 39.8 Å². The smallest absolute Gasteiger partial charge is 0.138 e. The molecule has 1 aromatic rings. The zero-order valence-electron chi connectivity index (χ0n) is 16.0. The third kappa shape index (κ3) is 5.40. The monoisotopic (exact) mass is 347 g/mol. The SMILES string of the molecule is COC1CC(Oc2ccc(CCCN3CCN(C(C)C)CC3)nc2)C1. The van der Waals surface area contributed by atoms with Gasteiger partial charge in [0, 0.05) is 57.9 Å². The molecule has 5 heteroatoms. The molecule has 25 heavy (non-hydrogen) atoms. The molecule has 0 unspecified atom stereocenters. The fourth-order valence-corrected chi connectivity index (χ4v) is 3.61. The van der Waals surface area contributed by atoms with Crippen LogP contribution in [0.1, 0.15) is 38.8 Å². The minimum atomic E-state index is 0.294. The molecule has 1 aliphatic heterocycles. The van der Waals surface area contributed by atoms with Crippen LogP contribution in [-0.2, 0) is 11.2 Å². The van der Waals surface area contributed by atoms with E-state index in [0.717, 1.165) is 30.7 Å². The second kappa shape index (κ2) is 8.97. The first-order valence-corrected chi connectivity index (χ1v) is 9.75. The highest BCUT2D eigenvalue weighted by Crippen LogP contribution is 2.27. The van der Waals surface area contributed by atoms with E-state index in [0.29, 0.717) is 18.2 Å². The van der Waals surface area contributed by atoms with Crippen LogP contribution in [0.2, 0.25) is 0 Å². The molecule has 3 rings (SSSR count). The average molecular weight is 348 g/mol. The first-order chi connectivity index (χ1) is 12.1. The van der Waals surface area contributed by atoms with Gasteiger partial charge in [-0.2, -0.15) is 0 Å². The summed E-state index contributed by atoms with van der Waals surface area (Å²) in [5.41, 5.74) is 1.16. The maximum atomic E-state index is 5.91. The van der Waals surface area contributed by atoms with Crippen molar-refractivity contribution in [2.45, 2.75) is 57.8 Å². The highest BCUT2D eigenvalue weighted by Gasteiger charge is 2.30. The molecule has 0 bridgehead atoms. The molecule has 2 aliphatic rings. The summed E-state index contributed by atoms with van der Waals surface area (Å²) < 4.78 is 11.2. The fourth-order valence-electron chi connectivity index (χ4n) is 3.61. The molecule has 0 N–H and O–H groups in total. The van der Waals surface area contributed by atoms with Gasteiger partial charge < -0.3 is 14.4 Å². The predicted octanol–water partition coefficient (Wildman–Crippen LogP) is 2.60. The van der Waals surface area contributed by atoms with Crippen LogP contribution < -0.4 is 4.74 Å². The van der Waals surface area contributed by atoms with Gasteiger partial charge in [0.05, 0.1) is 12.3 Å². The van der Waals surface area contributed by atoms with Crippen LogP contribution >= 0.6 is 0 Å². The number of hydrogen-bond acceptors (Lipinski definition) is 5. The van der Waals surface area contributed by atoms with Gasteiger partial charge in [-0.3, -0.25) is 9.88 Å². The summed E-state index contributed by atoms with van der Waals surface area (Å²) in [5, 5.41) is 0. The lowest BCUT2D eigenvalue weighted by atomic mass is 9.92. The van der Waals surface area contributed by atoms with Crippen LogP contribution in [0.3, 0.4) is 0 Å². The molecule has 0 radical (unpaired) electrons. The summed E-state index contributed by atoms with van der Waals surface area (Å²) >= 11 is 0. The summed E-state index contributed by atoms with van der Waals surface area (Å²) in [4.78, 5) is 9.71. The zero-order chi connectivity index (χ0) is 17.6. The summed E-state index contributed by atoms with van der Waals surface area (Å²) in [6.45, 7) is 10.5. The molecule has 0 aromatic carbocycles. The lowest BCUT2D eigenvalue weighted by Crippen LogP contribution is -2.48. The van der Waals surface area contributed by atoms with E-state index >= 15 is 0 Å². The van der Waals surface area contributed by atoms with E-state index in [1.807, 2.05) is 6.20 Å². The van der Waals surface area contributed by atoms with Crippen LogP contribution in [0, 0.1) is 0 Å². The molecule has 2 heterocycles. The number of rotatable bonds is 8. The number of aromatic nitrogens is 1. The van der Waals surface area contributed by atoms with E-state index in [-0.39, 0.29) is 0 Å². The predicted molar refractivity (Wildman–Crippen MR) is 100 cm³/mol. The van der Waals surface area contributed by atoms with Crippen molar-refractivity contribution < 1.29 is 9.47 Å². The topological polar surface area (TPSA) is 37.8 Å². The third-order valence-corrected chi connectivity index (χ3v) is 5.53. The molecular formula is C20H33N3O2. The van der Waals surface area contributed by atoms with E-state index in [1.54, 1.807) is 7.11 Å². The molecule has 1 aromatic heterocycles. The quantitative estimate of drug-likeness (QED) is 0.723. The Morgan fingerprint density at radius 3 is 2.48 bits per heavy atom. The minimum absolute atomic E-state index is 0.294. The Hall–Kier alpha value is -1.17. The van der Waals surface area contributed by atoms with Crippen LogP contribution in [0.4, 0.5) is 0 Å². The third-order valence-electron chi connectivity index (χ3n) is 5.53. The Morgan fingerprint density at radius 1 is 1.12 bits per heavy atom. The highest BCUT2D eigenvalue weighted by molar-refractivity contribution is 5.20. The second-order valence-corrected chi connectivity index (χ2v) is 7.63. The summed E-state index contributed by atoms with van der Waals surface area (Å²) in [5.74, 6) is 0.883. The zero-order valence-corrected chi connectivity index (χ0v) is 16.0. The van der Waals surface area contributed by atoms with Crippen LogP contribution in [0.15, 0.2) is 18.3 Å². The standard InChI is InChI=1S/C20H33N3O2/c1-16(2)23-11-9-22(10-12-23)8-4-5-17-6-7-18(15-21-17)25-20-13-19(14-20)24-3/h6-7,15-16,19-20H,4-5,8-14H2,1-3H3. The van der Waals surface area contributed by atoms with E-state index in [4.69, 9.17) is 9.47 Å². The van der Waals surface area contributed by atoms with E-state index in [9.17, 15) is 0 Å². The number of pyridine rings is 1. The number of piperazine rings is 1. The van der Waals surface area contributed by atoms with Crippen LogP contribution in [0.25, 0.3) is 0 Å². The maximum Gasteiger partial charge on any atom is 0.138 e. The first kappa shape index (κ1) is 18.6. The van der Waals surface area contributed by atoms with Gasteiger partial charge in [0.15, 0.2) is 0 Å². The van der Waals surface area contributed by atoms with Gasteiger partial charge in [-0.05, 0) is 45.4 Å². The number of nitrogens with zero attached hydrogens (tertiary/aromatic N) is 3. The molecule has 1 saturated carbocycles. The summed E-state index contributed by atoms with van der Waals surface area (Å²) in [6, 6.07) is 4.84. The van der Waals surface area contributed by atoms with Crippen molar-refractivity contribution in [3.05, 3.63) is 24.0 Å². The Balaban J connectivity index is 1.32. The Morgan fingerprint density at radius 2 is 1.88 bits per heavy atom. The van der Waals surface area contributed by atoms with Gasteiger partial charge in [-0.1, -0.05) is 0 Å². The summed E-state index contributed by atoms with van der Waals surface area (Å²) in [6.07, 6.45) is 6.73. The Labute approximate surface area is 152 Å². The van der Waals surface area contributed by atoms with E-state index in [1.165, 1.54) is 39.1 Å². The van der Waals surface area contributed by atoms with Crippen molar-refractivity contribution in [1.82, 2.24) is 14.8 Å². The van der Waals surface area contributed by atoms with Gasteiger partial charge in [-0.25, -0.2) is 0 Å². The fraction of sp³-hybridized carbons (Fsp3) is 0.750. The van der Waals surface area contributed by atoms with Crippen molar-refractivity contribution in [2.24, 2.45) is 0 Å². The first-order valence-electron chi connectivity index (χ1n) is 9.75. The van der Waals surface area contributed by atoms with Crippen molar-refractivity contribution in [3.8, 4) is 5.75 Å².